The highest BCUT2D eigenvalue weighted by molar-refractivity contribution is 6.24. The summed E-state index contributed by atoms with van der Waals surface area (Å²) in [5, 5.41) is 9.18. The van der Waals surface area contributed by atoms with E-state index >= 15 is 0 Å². The smallest absolute Gasteiger partial charge is 0.339 e. The molecule has 2 aliphatic carbocycles. The molecule has 0 heterocycles. The maximum Gasteiger partial charge on any atom is 0.339 e. The highest BCUT2D eigenvalue weighted by Crippen LogP contribution is 2.50. The maximum absolute atomic E-state index is 13.9. The number of Topliss-reactive ketones (excluding diaryl/α,β-unsaturated/α-hetero) is 1. The third-order valence-electron chi connectivity index (χ3n) is 4.64. The van der Waals surface area contributed by atoms with E-state index in [0.717, 1.165) is 0 Å². The van der Waals surface area contributed by atoms with Gasteiger partial charge in [-0.3, -0.25) is 4.79 Å². The molecule has 0 bridgehead atoms. The normalized spacial score (nSPS) is 29.9. The van der Waals surface area contributed by atoms with E-state index in [-0.39, 0.29) is 23.0 Å². The van der Waals surface area contributed by atoms with E-state index < -0.39 is 23.7 Å². The van der Waals surface area contributed by atoms with E-state index in [4.69, 9.17) is 0 Å². The molecule has 0 radical (unpaired) electrons. The highest BCUT2D eigenvalue weighted by atomic mass is 19.1. The second-order valence-corrected chi connectivity index (χ2v) is 5.99. The third-order valence-corrected chi connectivity index (χ3v) is 4.64. The Morgan fingerprint density at radius 2 is 2.05 bits per heavy atom. The number of alkyl halides is 1. The fourth-order valence-corrected chi connectivity index (χ4v) is 3.38. The van der Waals surface area contributed by atoms with Crippen molar-refractivity contribution in [1.29, 1.82) is 0 Å². The first-order valence-corrected chi connectivity index (χ1v) is 7.33. The van der Waals surface area contributed by atoms with Gasteiger partial charge >= 0.3 is 5.97 Å². The summed E-state index contributed by atoms with van der Waals surface area (Å²) in [6.07, 6.45) is 1.79. The standard InChI is InChI=1S/C17H16F2O3/c1-8-13(18)6-5-10-15(8)9(12-7-14(12)19)3-2-4-11(16(10)20)17(21)22/h4-6,9,12,14H,2-3,7H2,1H3,(H,21,22)/b11-4+/t9?,12-,14-/m0/s1. The molecule has 0 spiro atoms. The van der Waals surface area contributed by atoms with Gasteiger partial charge in [0.15, 0.2) is 5.78 Å². The van der Waals surface area contributed by atoms with Crippen LogP contribution >= 0.6 is 0 Å². The molecule has 1 unspecified atom stereocenters. The van der Waals surface area contributed by atoms with Crippen LogP contribution in [0, 0.1) is 18.7 Å². The molecule has 116 valence electrons. The molecule has 1 aromatic rings. The lowest BCUT2D eigenvalue weighted by atomic mass is 9.79. The fourth-order valence-electron chi connectivity index (χ4n) is 3.38. The summed E-state index contributed by atoms with van der Waals surface area (Å²) < 4.78 is 27.5. The number of carboxylic acids is 1. The summed E-state index contributed by atoms with van der Waals surface area (Å²) in [5.74, 6) is -2.80. The number of aliphatic carboxylic acids is 1. The van der Waals surface area contributed by atoms with Crippen LogP contribution in [0.25, 0.3) is 0 Å². The van der Waals surface area contributed by atoms with Gasteiger partial charge in [-0.15, -0.1) is 0 Å². The van der Waals surface area contributed by atoms with Crippen LogP contribution < -0.4 is 0 Å². The lowest BCUT2D eigenvalue weighted by molar-refractivity contribution is -0.132. The van der Waals surface area contributed by atoms with Crippen LogP contribution in [0.4, 0.5) is 8.78 Å². The predicted octanol–water partition coefficient (Wildman–Crippen LogP) is 3.56. The van der Waals surface area contributed by atoms with Crippen molar-refractivity contribution in [3.05, 3.63) is 46.3 Å². The Morgan fingerprint density at radius 3 is 2.64 bits per heavy atom. The van der Waals surface area contributed by atoms with Crippen molar-refractivity contribution >= 4 is 11.8 Å². The number of carboxylic acid groups (broad SMARTS) is 1. The molecule has 1 fully saturated rings. The Balaban J connectivity index is 2.17. The van der Waals surface area contributed by atoms with Crippen molar-refractivity contribution in [2.75, 3.05) is 0 Å². The summed E-state index contributed by atoms with van der Waals surface area (Å²) in [6.45, 7) is 1.57. The molecule has 1 N–H and O–H groups in total. The Hall–Kier alpha value is -2.04. The minimum Gasteiger partial charge on any atom is -0.478 e. The second kappa shape index (κ2) is 5.30. The van der Waals surface area contributed by atoms with Crippen molar-refractivity contribution < 1.29 is 23.5 Å². The number of halogens is 2. The second-order valence-electron chi connectivity index (χ2n) is 5.99. The van der Waals surface area contributed by atoms with E-state index in [0.29, 0.717) is 30.4 Å². The molecule has 22 heavy (non-hydrogen) atoms. The highest BCUT2D eigenvalue weighted by Gasteiger charge is 2.46. The van der Waals surface area contributed by atoms with Crippen molar-refractivity contribution in [2.24, 2.45) is 5.92 Å². The van der Waals surface area contributed by atoms with E-state index in [1.165, 1.54) is 18.2 Å². The number of rotatable bonds is 2. The number of hydrogen-bond acceptors (Lipinski definition) is 2. The first-order valence-electron chi connectivity index (χ1n) is 7.33. The minimum atomic E-state index is -1.29. The zero-order chi connectivity index (χ0) is 16.0. The molecule has 5 heteroatoms. The van der Waals surface area contributed by atoms with Crippen molar-refractivity contribution in [1.82, 2.24) is 0 Å². The molecule has 1 aromatic carbocycles. The Bertz CT molecular complexity index is 693. The number of carbonyl (C=O) groups is 2. The van der Waals surface area contributed by atoms with Gasteiger partial charge in [-0.25, -0.2) is 13.6 Å². The van der Waals surface area contributed by atoms with E-state index in [2.05, 4.69) is 0 Å². The topological polar surface area (TPSA) is 54.4 Å². The Labute approximate surface area is 126 Å². The van der Waals surface area contributed by atoms with Crippen molar-refractivity contribution in [2.45, 2.75) is 38.3 Å². The molecular weight excluding hydrogens is 290 g/mol. The van der Waals surface area contributed by atoms with Crippen LogP contribution in [0.1, 0.15) is 46.7 Å². The summed E-state index contributed by atoms with van der Waals surface area (Å²) in [5.41, 5.74) is 0.707. The molecule has 3 nitrogen and oxygen atoms in total. The SMILES string of the molecule is Cc1c(F)ccc2c1C([C@@H]1C[C@@H]1F)CC/C=C(/C(=O)O)C2=O. The maximum atomic E-state index is 13.9. The third kappa shape index (κ3) is 2.34. The molecular formula is C17H16F2O3. The molecule has 3 rings (SSSR count). The monoisotopic (exact) mass is 306 g/mol. The van der Waals surface area contributed by atoms with E-state index in [1.54, 1.807) is 6.92 Å². The van der Waals surface area contributed by atoms with E-state index in [9.17, 15) is 23.5 Å². The molecule has 0 aromatic heterocycles. The molecule has 3 atom stereocenters. The number of carbonyl (C=O) groups excluding carboxylic acids is 1. The first-order chi connectivity index (χ1) is 10.4. The number of allylic oxidation sites excluding steroid dienone is 1. The Morgan fingerprint density at radius 1 is 1.36 bits per heavy atom. The lowest BCUT2D eigenvalue weighted by Crippen LogP contribution is -2.20. The van der Waals surface area contributed by atoms with Crippen molar-refractivity contribution in [3.8, 4) is 0 Å². The van der Waals surface area contributed by atoms with Gasteiger partial charge in [0.05, 0.1) is 0 Å². The van der Waals surface area contributed by atoms with Crippen LogP contribution in [0.5, 0.6) is 0 Å². The quantitative estimate of drug-likeness (QED) is 0.850. The summed E-state index contributed by atoms with van der Waals surface area (Å²) >= 11 is 0. The van der Waals surface area contributed by atoms with Gasteiger partial charge in [0.25, 0.3) is 0 Å². The Kier molecular flexibility index (Phi) is 3.59. The van der Waals surface area contributed by atoms with Crippen LogP contribution in [0.15, 0.2) is 23.8 Å². The van der Waals surface area contributed by atoms with Gasteiger partial charge in [0.1, 0.15) is 17.6 Å². The minimum absolute atomic E-state index is 0.191. The molecule has 0 saturated heterocycles. The van der Waals surface area contributed by atoms with Gasteiger partial charge in [0, 0.05) is 5.56 Å². The largest absolute Gasteiger partial charge is 0.478 e. The molecule has 0 aliphatic heterocycles. The number of hydrogen-bond donors (Lipinski definition) is 1. The van der Waals surface area contributed by atoms with Gasteiger partial charge in [-0.2, -0.15) is 0 Å². The van der Waals surface area contributed by atoms with Gasteiger partial charge < -0.3 is 5.11 Å². The summed E-state index contributed by atoms with van der Waals surface area (Å²) in [6, 6.07) is 2.49. The lowest BCUT2D eigenvalue weighted by Gasteiger charge is -2.24. The van der Waals surface area contributed by atoms with Crippen molar-refractivity contribution in [3.63, 3.8) is 0 Å². The van der Waals surface area contributed by atoms with Crippen LogP contribution in [-0.4, -0.2) is 23.0 Å². The van der Waals surface area contributed by atoms with Crippen LogP contribution in [0.3, 0.4) is 0 Å². The number of benzene rings is 1. The summed E-state index contributed by atoms with van der Waals surface area (Å²) in [4.78, 5) is 23.7. The molecule has 2 aliphatic rings. The van der Waals surface area contributed by atoms with Gasteiger partial charge in [-0.1, -0.05) is 6.08 Å². The van der Waals surface area contributed by atoms with E-state index in [1.807, 2.05) is 0 Å². The predicted molar refractivity (Wildman–Crippen MR) is 76.2 cm³/mol. The van der Waals surface area contributed by atoms with Crippen LogP contribution in [0.2, 0.25) is 0 Å². The van der Waals surface area contributed by atoms with Gasteiger partial charge in [0.2, 0.25) is 0 Å². The average molecular weight is 306 g/mol. The summed E-state index contributed by atoms with van der Waals surface area (Å²) in [7, 11) is 0. The molecule has 1 saturated carbocycles. The van der Waals surface area contributed by atoms with Crippen LogP contribution in [-0.2, 0) is 4.79 Å². The van der Waals surface area contributed by atoms with Gasteiger partial charge in [-0.05, 0) is 61.3 Å². The molecule has 0 amide bonds. The first kappa shape index (κ1) is 14.9. The zero-order valence-corrected chi connectivity index (χ0v) is 12.1. The zero-order valence-electron chi connectivity index (χ0n) is 12.1. The number of ketones is 1. The number of fused-ring (bicyclic) bond motifs is 1. The average Bonchev–Trinajstić information content (AvgIpc) is 3.16. The fraction of sp³-hybridized carbons (Fsp3) is 0.412.